The minimum atomic E-state index is -0.389. The normalized spacial score (nSPS) is 10.5. The van der Waals surface area contributed by atoms with Gasteiger partial charge in [-0.3, -0.25) is 4.79 Å². The summed E-state index contributed by atoms with van der Waals surface area (Å²) < 4.78 is 10.7. The van der Waals surface area contributed by atoms with Gasteiger partial charge in [-0.2, -0.15) is 0 Å². The molecule has 0 unspecified atom stereocenters. The summed E-state index contributed by atoms with van der Waals surface area (Å²) in [5, 5.41) is 6.18. The van der Waals surface area contributed by atoms with Gasteiger partial charge < -0.3 is 19.8 Å². The van der Waals surface area contributed by atoms with Crippen LogP contribution in [-0.4, -0.2) is 28.5 Å². The Hall–Kier alpha value is -3.20. The fraction of sp³-hybridized carbons (Fsp3) is 0.222. The lowest BCUT2D eigenvalue weighted by Crippen LogP contribution is -2.04. The average molecular weight is 386 g/mol. The molecule has 0 aliphatic heterocycles. The molecule has 0 saturated heterocycles. The molecular weight excluding hydrogens is 368 g/mol. The minimum absolute atomic E-state index is 0.184. The lowest BCUT2D eigenvalue weighted by atomic mass is 10.2. The van der Waals surface area contributed by atoms with Crippen LogP contribution >= 0.6 is 11.3 Å². The smallest absolute Gasteiger partial charge is 0.338 e. The van der Waals surface area contributed by atoms with Crippen molar-refractivity contribution in [1.29, 1.82) is 0 Å². The largest absolute Gasteiger partial charge is 0.462 e. The highest BCUT2D eigenvalue weighted by Crippen LogP contribution is 2.34. The topological polar surface area (TPSA) is 106 Å². The number of amides is 1. The number of anilines is 3. The fourth-order valence-corrected chi connectivity index (χ4v) is 3.29. The van der Waals surface area contributed by atoms with E-state index in [1.54, 1.807) is 37.4 Å². The standard InChI is InChI=1S/C18H18N4O4S/c1-4-25-16(24)12-6-5-7-13(8-12)22-17-19-9-14(26-17)15-10(2)20-18(27-15)21-11(3)23/h5-9H,4H2,1-3H3,(H,19,22)(H,20,21,23). The number of carbonyl (C=O) groups excluding carboxylic acids is 2. The highest BCUT2D eigenvalue weighted by molar-refractivity contribution is 7.19. The molecule has 0 aliphatic rings. The SMILES string of the molecule is CCOC(=O)c1cccc(Nc2ncc(-c3sc(NC(C)=O)nc3C)o2)c1. The molecule has 0 bridgehead atoms. The van der Waals surface area contributed by atoms with Crippen LogP contribution in [0.3, 0.4) is 0 Å². The Morgan fingerprint density at radius 3 is 2.89 bits per heavy atom. The van der Waals surface area contributed by atoms with Gasteiger partial charge in [0.05, 0.1) is 28.9 Å². The summed E-state index contributed by atoms with van der Waals surface area (Å²) in [7, 11) is 0. The van der Waals surface area contributed by atoms with Crippen LogP contribution < -0.4 is 10.6 Å². The van der Waals surface area contributed by atoms with Gasteiger partial charge in [0.2, 0.25) is 5.91 Å². The summed E-state index contributed by atoms with van der Waals surface area (Å²) in [6, 6.07) is 7.15. The quantitative estimate of drug-likeness (QED) is 0.617. The molecule has 140 valence electrons. The first-order chi connectivity index (χ1) is 13.0. The Kier molecular flexibility index (Phi) is 5.51. The lowest BCUT2D eigenvalue weighted by Gasteiger charge is -2.05. The van der Waals surface area contributed by atoms with Crippen LogP contribution in [0, 0.1) is 6.92 Å². The van der Waals surface area contributed by atoms with Gasteiger partial charge in [-0.1, -0.05) is 17.4 Å². The third-order valence-corrected chi connectivity index (χ3v) is 4.52. The van der Waals surface area contributed by atoms with E-state index in [-0.39, 0.29) is 17.9 Å². The summed E-state index contributed by atoms with van der Waals surface area (Å²) in [5.41, 5.74) is 1.82. The zero-order valence-electron chi connectivity index (χ0n) is 15.0. The van der Waals surface area contributed by atoms with Crippen LogP contribution in [-0.2, 0) is 9.53 Å². The molecule has 0 fully saturated rings. The number of carbonyl (C=O) groups is 2. The number of aromatic nitrogens is 2. The van der Waals surface area contributed by atoms with E-state index in [2.05, 4.69) is 20.6 Å². The molecule has 0 saturated carbocycles. The van der Waals surface area contributed by atoms with Crippen LogP contribution in [0.2, 0.25) is 0 Å². The number of nitrogens with one attached hydrogen (secondary N) is 2. The summed E-state index contributed by atoms with van der Waals surface area (Å²) >= 11 is 1.31. The Morgan fingerprint density at radius 1 is 1.33 bits per heavy atom. The fourth-order valence-electron chi connectivity index (χ4n) is 2.33. The van der Waals surface area contributed by atoms with Gasteiger partial charge in [-0.05, 0) is 32.0 Å². The number of rotatable bonds is 6. The van der Waals surface area contributed by atoms with Crippen molar-refractivity contribution in [1.82, 2.24) is 9.97 Å². The van der Waals surface area contributed by atoms with Crippen molar-refractivity contribution in [3.8, 4) is 10.6 Å². The maximum absolute atomic E-state index is 11.8. The molecule has 1 amide bonds. The average Bonchev–Trinajstić information content (AvgIpc) is 3.21. The molecule has 8 nitrogen and oxygen atoms in total. The van der Waals surface area contributed by atoms with Crippen molar-refractivity contribution in [2.75, 3.05) is 17.2 Å². The van der Waals surface area contributed by atoms with E-state index in [0.717, 1.165) is 10.6 Å². The maximum atomic E-state index is 11.8. The Labute approximate surface area is 159 Å². The van der Waals surface area contributed by atoms with Gasteiger partial charge in [0, 0.05) is 12.6 Å². The number of benzene rings is 1. The highest BCUT2D eigenvalue weighted by Gasteiger charge is 2.15. The van der Waals surface area contributed by atoms with Crippen LogP contribution in [0.1, 0.15) is 29.9 Å². The summed E-state index contributed by atoms with van der Waals surface area (Å²) in [6.07, 6.45) is 1.58. The predicted octanol–water partition coefficient (Wildman–Crippen LogP) is 3.99. The zero-order valence-corrected chi connectivity index (χ0v) is 15.8. The van der Waals surface area contributed by atoms with Crippen molar-refractivity contribution in [2.45, 2.75) is 20.8 Å². The second-order valence-corrected chi connectivity index (χ2v) is 6.57. The van der Waals surface area contributed by atoms with Crippen LogP contribution in [0.4, 0.5) is 16.8 Å². The molecular formula is C18H18N4O4S. The molecule has 2 aromatic heterocycles. The third kappa shape index (κ3) is 4.50. The van der Waals surface area contributed by atoms with Gasteiger partial charge in [-0.15, -0.1) is 0 Å². The second kappa shape index (κ2) is 8.00. The summed E-state index contributed by atoms with van der Waals surface area (Å²) in [5.74, 6) is -0.0395. The first kappa shape index (κ1) is 18.6. The highest BCUT2D eigenvalue weighted by atomic mass is 32.1. The van der Waals surface area contributed by atoms with Gasteiger partial charge >= 0.3 is 5.97 Å². The molecule has 1 aromatic carbocycles. The number of aryl methyl sites for hydroxylation is 1. The minimum Gasteiger partial charge on any atom is -0.462 e. The van der Waals surface area contributed by atoms with E-state index < -0.39 is 0 Å². The van der Waals surface area contributed by atoms with Crippen molar-refractivity contribution in [3.63, 3.8) is 0 Å². The summed E-state index contributed by atoms with van der Waals surface area (Å²) in [6.45, 7) is 5.33. The van der Waals surface area contributed by atoms with Gasteiger partial charge in [-0.25, -0.2) is 14.8 Å². The zero-order chi connectivity index (χ0) is 19.4. The Morgan fingerprint density at radius 2 is 2.15 bits per heavy atom. The van der Waals surface area contributed by atoms with E-state index in [0.29, 0.717) is 28.7 Å². The number of hydrogen-bond donors (Lipinski definition) is 2. The number of oxazole rings is 1. The Bertz CT molecular complexity index is 979. The number of hydrogen-bond acceptors (Lipinski definition) is 8. The summed E-state index contributed by atoms with van der Waals surface area (Å²) in [4.78, 5) is 32.3. The molecule has 0 radical (unpaired) electrons. The van der Waals surface area contributed by atoms with E-state index in [1.807, 2.05) is 6.92 Å². The van der Waals surface area contributed by atoms with Gasteiger partial charge in [0.25, 0.3) is 6.01 Å². The molecule has 27 heavy (non-hydrogen) atoms. The van der Waals surface area contributed by atoms with E-state index >= 15 is 0 Å². The third-order valence-electron chi connectivity index (χ3n) is 3.43. The monoisotopic (exact) mass is 386 g/mol. The second-order valence-electron chi connectivity index (χ2n) is 5.57. The maximum Gasteiger partial charge on any atom is 0.338 e. The molecule has 0 atom stereocenters. The first-order valence-corrected chi connectivity index (χ1v) is 9.03. The van der Waals surface area contributed by atoms with Crippen LogP contribution in [0.5, 0.6) is 0 Å². The number of ether oxygens (including phenoxy) is 1. The molecule has 0 aliphatic carbocycles. The van der Waals surface area contributed by atoms with Gasteiger partial charge in [0.1, 0.15) is 0 Å². The van der Waals surface area contributed by atoms with Crippen molar-refractivity contribution < 1.29 is 18.7 Å². The molecule has 3 aromatic rings. The number of esters is 1. The van der Waals surface area contributed by atoms with Crippen molar-refractivity contribution >= 4 is 40.0 Å². The molecule has 2 N–H and O–H groups in total. The van der Waals surface area contributed by atoms with Crippen LogP contribution in [0.15, 0.2) is 34.9 Å². The predicted molar refractivity (Wildman–Crippen MR) is 102 cm³/mol. The van der Waals surface area contributed by atoms with E-state index in [1.165, 1.54) is 18.3 Å². The van der Waals surface area contributed by atoms with Crippen molar-refractivity contribution in [3.05, 3.63) is 41.7 Å². The lowest BCUT2D eigenvalue weighted by molar-refractivity contribution is -0.114. The van der Waals surface area contributed by atoms with Crippen molar-refractivity contribution in [2.24, 2.45) is 0 Å². The first-order valence-electron chi connectivity index (χ1n) is 8.21. The van der Waals surface area contributed by atoms with E-state index in [9.17, 15) is 9.59 Å². The molecule has 9 heteroatoms. The van der Waals surface area contributed by atoms with Crippen LogP contribution in [0.25, 0.3) is 10.6 Å². The molecule has 3 rings (SSSR count). The molecule has 0 spiro atoms. The number of thiazole rings is 1. The van der Waals surface area contributed by atoms with E-state index in [4.69, 9.17) is 9.15 Å². The molecule has 2 heterocycles. The number of nitrogens with zero attached hydrogens (tertiary/aromatic N) is 2. The Balaban J connectivity index is 1.77. The van der Waals surface area contributed by atoms with Gasteiger partial charge in [0.15, 0.2) is 10.9 Å².